The summed E-state index contributed by atoms with van der Waals surface area (Å²) in [4.78, 5) is 38.5. The van der Waals surface area contributed by atoms with Crippen molar-refractivity contribution < 1.29 is 14.3 Å². The first-order chi connectivity index (χ1) is 19.0. The van der Waals surface area contributed by atoms with Crippen molar-refractivity contribution >= 4 is 34.1 Å². The molecule has 2 amide bonds. The monoisotopic (exact) mass is 523 g/mol. The first-order valence-corrected chi connectivity index (χ1v) is 13.6. The summed E-state index contributed by atoms with van der Waals surface area (Å²) in [6, 6.07) is 21.6. The number of imidazole rings is 1. The molecule has 0 bridgehead atoms. The van der Waals surface area contributed by atoms with Crippen molar-refractivity contribution in [2.45, 2.75) is 25.8 Å². The number of carbonyl (C=O) groups is 2. The van der Waals surface area contributed by atoms with Gasteiger partial charge in [0.25, 0.3) is 11.8 Å². The number of anilines is 2. The van der Waals surface area contributed by atoms with E-state index >= 15 is 0 Å². The molecule has 0 atom stereocenters. The lowest BCUT2D eigenvalue weighted by atomic mass is 10.0. The largest absolute Gasteiger partial charge is 0.497 e. The number of piperazine rings is 1. The predicted molar refractivity (Wildman–Crippen MR) is 153 cm³/mol. The molecule has 1 fully saturated rings. The molecule has 200 valence electrons. The summed E-state index contributed by atoms with van der Waals surface area (Å²) in [6.07, 6.45) is 2.84. The molecule has 39 heavy (non-hydrogen) atoms. The number of carbonyl (C=O) groups excluding carboxylic acids is 2. The van der Waals surface area contributed by atoms with Crippen LogP contribution in [0, 0.1) is 0 Å². The van der Waals surface area contributed by atoms with Crippen LogP contribution in [0.4, 0.5) is 11.5 Å². The highest BCUT2D eigenvalue weighted by atomic mass is 16.5. The van der Waals surface area contributed by atoms with Crippen LogP contribution in [0.1, 0.15) is 39.5 Å². The predicted octanol–water partition coefficient (Wildman–Crippen LogP) is 4.62. The van der Waals surface area contributed by atoms with Crippen LogP contribution in [0.15, 0.2) is 66.7 Å². The number of nitrogens with zero attached hydrogens (tertiary/aromatic N) is 5. The summed E-state index contributed by atoms with van der Waals surface area (Å²) in [5.41, 5.74) is 2.25. The highest BCUT2D eigenvalue weighted by Crippen LogP contribution is 2.30. The lowest BCUT2D eigenvalue weighted by Gasteiger charge is -2.36. The second-order valence-corrected chi connectivity index (χ2v) is 10.2. The van der Waals surface area contributed by atoms with Crippen molar-refractivity contribution in [1.82, 2.24) is 14.5 Å². The molecule has 0 N–H and O–H groups in total. The van der Waals surface area contributed by atoms with Gasteiger partial charge < -0.3 is 19.1 Å². The van der Waals surface area contributed by atoms with E-state index in [0.29, 0.717) is 30.2 Å². The van der Waals surface area contributed by atoms with Gasteiger partial charge in [0.1, 0.15) is 11.6 Å². The Morgan fingerprint density at radius 1 is 0.872 bits per heavy atom. The van der Waals surface area contributed by atoms with Crippen LogP contribution >= 0.6 is 0 Å². The van der Waals surface area contributed by atoms with Crippen molar-refractivity contribution in [3.63, 3.8) is 0 Å². The van der Waals surface area contributed by atoms with Gasteiger partial charge in [-0.15, -0.1) is 0 Å². The maximum Gasteiger partial charge on any atom is 0.274 e. The lowest BCUT2D eigenvalue weighted by molar-refractivity contribution is 0.0735. The van der Waals surface area contributed by atoms with Gasteiger partial charge in [0.05, 0.1) is 7.11 Å². The van der Waals surface area contributed by atoms with Crippen molar-refractivity contribution in [3.8, 4) is 5.75 Å². The van der Waals surface area contributed by atoms with Crippen molar-refractivity contribution in [3.05, 3.63) is 83.8 Å². The normalized spacial score (nSPS) is 15.2. The first-order valence-electron chi connectivity index (χ1n) is 13.6. The Bertz CT molecular complexity index is 1510. The average molecular weight is 524 g/mol. The fraction of sp³-hybridized carbons (Fsp3) is 0.323. The third-order valence-electron chi connectivity index (χ3n) is 7.91. The van der Waals surface area contributed by atoms with E-state index in [2.05, 4.69) is 17.0 Å². The minimum atomic E-state index is -0.166. The fourth-order valence-corrected chi connectivity index (χ4v) is 5.71. The van der Waals surface area contributed by atoms with Crippen LogP contribution < -0.4 is 14.5 Å². The highest BCUT2D eigenvalue weighted by molar-refractivity contribution is 6.15. The van der Waals surface area contributed by atoms with Crippen molar-refractivity contribution in [1.29, 1.82) is 0 Å². The van der Waals surface area contributed by atoms with Gasteiger partial charge in [0.2, 0.25) is 0 Å². The van der Waals surface area contributed by atoms with Gasteiger partial charge in [0.15, 0.2) is 11.5 Å². The van der Waals surface area contributed by atoms with E-state index < -0.39 is 0 Å². The molecule has 1 saturated heterocycles. The van der Waals surface area contributed by atoms with Gasteiger partial charge in [-0.2, -0.15) is 0 Å². The zero-order chi connectivity index (χ0) is 26.9. The Morgan fingerprint density at radius 3 is 2.38 bits per heavy atom. The third kappa shape index (κ3) is 4.60. The number of aryl methyl sites for hydroxylation is 1. The molecule has 0 radical (unpaired) electrons. The van der Waals surface area contributed by atoms with E-state index in [1.54, 1.807) is 19.1 Å². The molecular formula is C31H33N5O3. The van der Waals surface area contributed by atoms with E-state index in [1.807, 2.05) is 64.1 Å². The molecule has 0 spiro atoms. The van der Waals surface area contributed by atoms with Gasteiger partial charge in [0, 0.05) is 57.4 Å². The molecule has 8 heteroatoms. The zero-order valence-corrected chi connectivity index (χ0v) is 22.5. The molecule has 3 heterocycles. The lowest BCUT2D eigenvalue weighted by Crippen LogP contribution is -2.49. The molecule has 1 aromatic heterocycles. The Kier molecular flexibility index (Phi) is 6.69. The third-order valence-corrected chi connectivity index (χ3v) is 7.91. The van der Waals surface area contributed by atoms with Gasteiger partial charge in [-0.3, -0.25) is 14.5 Å². The second-order valence-electron chi connectivity index (χ2n) is 10.2. The Labute approximate surface area is 228 Å². The summed E-state index contributed by atoms with van der Waals surface area (Å²) in [5, 5.41) is 1.90. The Hall–Kier alpha value is -4.33. The van der Waals surface area contributed by atoms with E-state index in [1.165, 1.54) is 0 Å². The molecule has 0 aliphatic carbocycles. The number of hydrogen-bond donors (Lipinski definition) is 0. The number of methoxy groups -OCH3 is 1. The van der Waals surface area contributed by atoms with E-state index in [-0.39, 0.29) is 11.8 Å². The highest BCUT2D eigenvalue weighted by Gasteiger charge is 2.33. The number of ether oxygens (including phenoxy) is 1. The number of rotatable bonds is 5. The smallest absolute Gasteiger partial charge is 0.274 e. The van der Waals surface area contributed by atoms with Gasteiger partial charge in [-0.1, -0.05) is 36.4 Å². The molecule has 4 aromatic rings. The number of hydrogen-bond acceptors (Lipinski definition) is 5. The Morgan fingerprint density at radius 2 is 1.62 bits per heavy atom. The van der Waals surface area contributed by atoms with Gasteiger partial charge in [-0.05, 0) is 53.9 Å². The van der Waals surface area contributed by atoms with Crippen LogP contribution in [-0.4, -0.2) is 66.6 Å². The molecule has 0 saturated carbocycles. The molecule has 6 rings (SSSR count). The summed E-state index contributed by atoms with van der Waals surface area (Å²) in [7, 11) is 3.40. The topological polar surface area (TPSA) is 70.9 Å². The summed E-state index contributed by atoms with van der Waals surface area (Å²) in [6.45, 7) is 3.42. The second kappa shape index (κ2) is 10.4. The minimum absolute atomic E-state index is 0.0578. The molecule has 0 unspecified atom stereocenters. The molecule has 2 aliphatic heterocycles. The number of aromatic nitrogens is 2. The van der Waals surface area contributed by atoms with E-state index in [4.69, 9.17) is 9.72 Å². The van der Waals surface area contributed by atoms with Gasteiger partial charge in [-0.25, -0.2) is 4.98 Å². The van der Waals surface area contributed by atoms with Crippen molar-refractivity contribution in [2.75, 3.05) is 50.1 Å². The van der Waals surface area contributed by atoms with Crippen LogP contribution in [0.5, 0.6) is 5.75 Å². The van der Waals surface area contributed by atoms with Crippen LogP contribution in [0.2, 0.25) is 0 Å². The number of benzene rings is 3. The van der Waals surface area contributed by atoms with Crippen LogP contribution in [-0.2, 0) is 13.0 Å². The maximum atomic E-state index is 14.0. The Balaban J connectivity index is 1.27. The summed E-state index contributed by atoms with van der Waals surface area (Å²) in [5.74, 6) is 1.94. The quantitative estimate of drug-likeness (QED) is 0.382. The molecular weight excluding hydrogens is 490 g/mol. The summed E-state index contributed by atoms with van der Waals surface area (Å²) >= 11 is 0. The van der Waals surface area contributed by atoms with Crippen LogP contribution in [0.3, 0.4) is 0 Å². The van der Waals surface area contributed by atoms with Gasteiger partial charge >= 0.3 is 0 Å². The van der Waals surface area contributed by atoms with Crippen LogP contribution in [0.25, 0.3) is 10.8 Å². The SMILES string of the molecule is COc1ccc(N2CCN(C(=O)c3c(N(C)C(=O)c4cccc5ccccc45)nc4n3CCCC4)CC2)cc1. The first kappa shape index (κ1) is 25.0. The summed E-state index contributed by atoms with van der Waals surface area (Å²) < 4.78 is 7.33. The maximum absolute atomic E-state index is 14.0. The standard InChI is InChI=1S/C31H33N5O3/c1-33(30(37)26-11-7-9-22-8-3-4-10-25(22)26)29-28(36-17-6-5-12-27(36)32-29)31(38)35-20-18-34(19-21-35)23-13-15-24(39-2)16-14-23/h3-4,7-11,13-16H,5-6,12,17-21H2,1-2H3. The molecule has 2 aliphatic rings. The zero-order valence-electron chi connectivity index (χ0n) is 22.5. The van der Waals surface area contributed by atoms with E-state index in [0.717, 1.165) is 66.9 Å². The fourth-order valence-electron chi connectivity index (χ4n) is 5.71. The number of amides is 2. The average Bonchev–Trinajstić information content (AvgIpc) is 3.39. The minimum Gasteiger partial charge on any atom is -0.497 e. The number of fused-ring (bicyclic) bond motifs is 2. The van der Waals surface area contributed by atoms with Crippen molar-refractivity contribution in [2.24, 2.45) is 0 Å². The molecule has 3 aromatic carbocycles. The van der Waals surface area contributed by atoms with E-state index in [9.17, 15) is 9.59 Å². The molecule has 8 nitrogen and oxygen atoms in total.